The van der Waals surface area contributed by atoms with Crippen LogP contribution in [0.15, 0.2) is 21.0 Å². The fraction of sp³-hybridized carbons (Fsp3) is 0.273. The van der Waals surface area contributed by atoms with Crippen LogP contribution in [0.25, 0.3) is 11.1 Å². The number of carbonyl (C=O) groups is 1. The molecule has 4 heteroatoms. The summed E-state index contributed by atoms with van der Waals surface area (Å²) < 4.78 is 6.46. The highest BCUT2D eigenvalue weighted by Gasteiger charge is 2.29. The molecule has 0 amide bonds. The number of rotatable bonds is 2. The molecule has 1 aliphatic carbocycles. The van der Waals surface area contributed by atoms with Crippen LogP contribution in [0.1, 0.15) is 35.0 Å². The van der Waals surface area contributed by atoms with E-state index in [2.05, 4.69) is 20.9 Å². The molecule has 0 saturated heterocycles. The number of hydrogen-bond donors (Lipinski definition) is 0. The number of carbonyl (C=O) groups excluding carboxylic acids is 1. The molecule has 1 aromatic carbocycles. The van der Waals surface area contributed by atoms with Crippen LogP contribution in [0.2, 0.25) is 0 Å². The minimum absolute atomic E-state index is 0.468. The third-order valence-electron chi connectivity index (χ3n) is 2.55. The molecular formula is C11H8BrNO2. The highest BCUT2D eigenvalue weighted by atomic mass is 79.9. The van der Waals surface area contributed by atoms with Crippen LogP contribution in [-0.4, -0.2) is 11.3 Å². The Morgan fingerprint density at radius 2 is 2.27 bits per heavy atom. The van der Waals surface area contributed by atoms with Crippen LogP contribution in [0.3, 0.4) is 0 Å². The molecule has 1 aliphatic rings. The van der Waals surface area contributed by atoms with Gasteiger partial charge in [-0.3, -0.25) is 4.79 Å². The fourth-order valence-corrected chi connectivity index (χ4v) is 2.10. The number of fused-ring (bicyclic) bond motifs is 1. The smallest absolute Gasteiger partial charge is 0.198 e. The highest BCUT2D eigenvalue weighted by molar-refractivity contribution is 9.10. The van der Waals surface area contributed by atoms with E-state index in [1.54, 1.807) is 6.07 Å². The summed E-state index contributed by atoms with van der Waals surface area (Å²) in [6, 6.07) is 3.62. The van der Waals surface area contributed by atoms with Crippen LogP contribution in [0.4, 0.5) is 0 Å². The average molecular weight is 266 g/mol. The van der Waals surface area contributed by atoms with Gasteiger partial charge in [-0.15, -0.1) is 0 Å². The number of aromatic nitrogens is 1. The number of aldehydes is 1. The zero-order valence-electron chi connectivity index (χ0n) is 7.87. The Morgan fingerprint density at radius 1 is 1.47 bits per heavy atom. The van der Waals surface area contributed by atoms with Gasteiger partial charge in [-0.2, -0.15) is 0 Å². The van der Waals surface area contributed by atoms with Crippen molar-refractivity contribution < 1.29 is 9.21 Å². The van der Waals surface area contributed by atoms with E-state index in [0.29, 0.717) is 17.1 Å². The lowest BCUT2D eigenvalue weighted by Crippen LogP contribution is -1.80. The lowest BCUT2D eigenvalue weighted by Gasteiger charge is -1.92. The van der Waals surface area contributed by atoms with E-state index in [4.69, 9.17) is 4.42 Å². The summed E-state index contributed by atoms with van der Waals surface area (Å²) in [5.74, 6) is 1.24. The van der Waals surface area contributed by atoms with Gasteiger partial charge in [0.15, 0.2) is 17.8 Å². The Morgan fingerprint density at radius 3 is 2.93 bits per heavy atom. The van der Waals surface area contributed by atoms with Crippen molar-refractivity contribution in [1.82, 2.24) is 4.98 Å². The minimum atomic E-state index is 0.468. The normalized spacial score (nSPS) is 15.8. The maximum atomic E-state index is 10.9. The third kappa shape index (κ3) is 1.49. The molecule has 0 unspecified atom stereocenters. The summed E-state index contributed by atoms with van der Waals surface area (Å²) in [6.45, 7) is 0. The zero-order valence-corrected chi connectivity index (χ0v) is 9.45. The second kappa shape index (κ2) is 3.17. The summed E-state index contributed by atoms with van der Waals surface area (Å²) in [5, 5.41) is 0. The summed E-state index contributed by atoms with van der Waals surface area (Å²) in [6.07, 6.45) is 3.09. The summed E-state index contributed by atoms with van der Waals surface area (Å²) in [4.78, 5) is 15.2. The van der Waals surface area contributed by atoms with E-state index in [1.807, 2.05) is 6.07 Å². The predicted molar refractivity (Wildman–Crippen MR) is 59.1 cm³/mol. The first kappa shape index (κ1) is 9.09. The number of halogens is 1. The molecule has 76 valence electrons. The molecule has 0 radical (unpaired) electrons. The van der Waals surface area contributed by atoms with E-state index >= 15 is 0 Å². The maximum Gasteiger partial charge on any atom is 0.198 e. The average Bonchev–Trinajstić information content (AvgIpc) is 2.98. The third-order valence-corrected chi connectivity index (χ3v) is 3.01. The van der Waals surface area contributed by atoms with Gasteiger partial charge in [-0.1, -0.05) is 15.9 Å². The Labute approximate surface area is 94.6 Å². The molecule has 0 spiro atoms. The van der Waals surface area contributed by atoms with Crippen LogP contribution < -0.4 is 0 Å². The second-order valence-corrected chi connectivity index (χ2v) is 4.70. The largest absolute Gasteiger partial charge is 0.440 e. The van der Waals surface area contributed by atoms with Gasteiger partial charge < -0.3 is 4.42 Å². The molecule has 15 heavy (non-hydrogen) atoms. The van der Waals surface area contributed by atoms with Gasteiger partial charge in [0.25, 0.3) is 0 Å². The molecular weight excluding hydrogens is 258 g/mol. The molecule has 0 atom stereocenters. The van der Waals surface area contributed by atoms with Crippen molar-refractivity contribution in [1.29, 1.82) is 0 Å². The summed E-state index contributed by atoms with van der Waals surface area (Å²) in [7, 11) is 0. The van der Waals surface area contributed by atoms with E-state index < -0.39 is 0 Å². The van der Waals surface area contributed by atoms with Gasteiger partial charge >= 0.3 is 0 Å². The Balaban J connectivity index is 2.27. The maximum absolute atomic E-state index is 10.9. The van der Waals surface area contributed by atoms with E-state index in [0.717, 1.165) is 35.0 Å². The molecule has 3 nitrogen and oxygen atoms in total. The van der Waals surface area contributed by atoms with Crippen molar-refractivity contribution in [3.8, 4) is 0 Å². The van der Waals surface area contributed by atoms with Crippen molar-refractivity contribution in [2.75, 3.05) is 0 Å². The van der Waals surface area contributed by atoms with E-state index in [-0.39, 0.29) is 0 Å². The van der Waals surface area contributed by atoms with Crippen molar-refractivity contribution in [2.45, 2.75) is 18.8 Å². The van der Waals surface area contributed by atoms with Crippen molar-refractivity contribution in [2.24, 2.45) is 0 Å². The zero-order chi connectivity index (χ0) is 10.4. The lowest BCUT2D eigenvalue weighted by molar-refractivity contribution is 0.112. The van der Waals surface area contributed by atoms with Crippen molar-refractivity contribution >= 4 is 33.3 Å². The predicted octanol–water partition coefficient (Wildman–Crippen LogP) is 3.28. The van der Waals surface area contributed by atoms with Gasteiger partial charge in [0, 0.05) is 10.4 Å². The van der Waals surface area contributed by atoms with Crippen LogP contribution >= 0.6 is 15.9 Å². The highest BCUT2D eigenvalue weighted by Crippen LogP contribution is 2.41. The molecule has 0 N–H and O–H groups in total. The molecule has 1 fully saturated rings. The van der Waals surface area contributed by atoms with Gasteiger partial charge in [0.1, 0.15) is 5.52 Å². The SMILES string of the molecule is O=Cc1cc(Br)cc2nc(C3CC3)oc12. The molecule has 1 saturated carbocycles. The first-order valence-electron chi connectivity index (χ1n) is 4.83. The number of hydrogen-bond acceptors (Lipinski definition) is 3. The Hall–Kier alpha value is -1.16. The standard InChI is InChI=1S/C11H8BrNO2/c12-8-3-7(5-14)10-9(4-8)13-11(15-10)6-1-2-6/h3-6H,1-2H2. The molecule has 3 rings (SSSR count). The Kier molecular flexibility index (Phi) is 1.92. The van der Waals surface area contributed by atoms with Crippen molar-refractivity contribution in [3.05, 3.63) is 28.1 Å². The van der Waals surface area contributed by atoms with Crippen molar-refractivity contribution in [3.63, 3.8) is 0 Å². The van der Waals surface area contributed by atoms with Crippen LogP contribution in [-0.2, 0) is 0 Å². The van der Waals surface area contributed by atoms with Gasteiger partial charge in [0.2, 0.25) is 0 Å². The van der Waals surface area contributed by atoms with Gasteiger partial charge in [0.05, 0.1) is 5.56 Å². The van der Waals surface area contributed by atoms with Crippen LogP contribution in [0, 0.1) is 0 Å². The van der Waals surface area contributed by atoms with E-state index in [9.17, 15) is 4.79 Å². The monoisotopic (exact) mass is 265 g/mol. The molecule has 1 aromatic heterocycles. The van der Waals surface area contributed by atoms with Gasteiger partial charge in [-0.05, 0) is 25.0 Å². The summed E-state index contributed by atoms with van der Waals surface area (Å²) >= 11 is 3.35. The number of benzene rings is 1. The molecule has 2 aromatic rings. The molecule has 0 aliphatic heterocycles. The van der Waals surface area contributed by atoms with Crippen LogP contribution in [0.5, 0.6) is 0 Å². The minimum Gasteiger partial charge on any atom is -0.440 e. The number of nitrogens with zero attached hydrogens (tertiary/aromatic N) is 1. The summed E-state index contributed by atoms with van der Waals surface area (Å²) in [5.41, 5.74) is 1.92. The first-order chi connectivity index (χ1) is 7.28. The Bertz CT molecular complexity index is 543. The fourth-order valence-electron chi connectivity index (χ4n) is 1.63. The first-order valence-corrected chi connectivity index (χ1v) is 5.62. The topological polar surface area (TPSA) is 43.1 Å². The molecule has 0 bridgehead atoms. The van der Waals surface area contributed by atoms with E-state index in [1.165, 1.54) is 0 Å². The molecule has 1 heterocycles. The van der Waals surface area contributed by atoms with Gasteiger partial charge in [-0.25, -0.2) is 4.98 Å². The lowest BCUT2D eigenvalue weighted by atomic mass is 10.2. The second-order valence-electron chi connectivity index (χ2n) is 3.79. The number of oxazole rings is 1. The quantitative estimate of drug-likeness (QED) is 0.783.